The van der Waals surface area contributed by atoms with E-state index >= 15 is 0 Å². The van der Waals surface area contributed by atoms with Gasteiger partial charge in [-0.1, -0.05) is 49.4 Å². The normalized spacial score (nSPS) is 21.0. The van der Waals surface area contributed by atoms with Crippen molar-refractivity contribution < 1.29 is 4.79 Å². The lowest BCUT2D eigenvalue weighted by Crippen LogP contribution is -2.32. The molecule has 3 unspecified atom stereocenters. The Hall–Kier alpha value is -1.58. The molecule has 2 aromatic rings. The first-order valence-electron chi connectivity index (χ1n) is 7.66. The molecule has 1 saturated carbocycles. The van der Waals surface area contributed by atoms with Crippen LogP contribution in [-0.4, -0.2) is 19.0 Å². The highest BCUT2D eigenvalue weighted by Gasteiger charge is 2.44. The van der Waals surface area contributed by atoms with Gasteiger partial charge in [-0.25, -0.2) is 0 Å². The van der Waals surface area contributed by atoms with Crippen molar-refractivity contribution in [2.45, 2.75) is 19.3 Å². The summed E-state index contributed by atoms with van der Waals surface area (Å²) in [6.45, 7) is 3.33. The summed E-state index contributed by atoms with van der Waals surface area (Å²) < 4.78 is 0. The molecule has 118 valence electrons. The number of carbonyl (C=O) groups excluding carboxylic acids is 1. The minimum absolute atomic E-state index is 0. The summed E-state index contributed by atoms with van der Waals surface area (Å²) in [5.41, 5.74) is 6.88. The Bertz CT molecular complexity index is 653. The van der Waals surface area contributed by atoms with Crippen LogP contribution >= 0.6 is 12.4 Å². The molecule has 0 aliphatic heterocycles. The lowest BCUT2D eigenvalue weighted by molar-refractivity contribution is -0.122. The largest absolute Gasteiger partial charge is 0.356 e. The lowest BCUT2D eigenvalue weighted by Gasteiger charge is -2.10. The van der Waals surface area contributed by atoms with E-state index in [-0.39, 0.29) is 24.2 Å². The fourth-order valence-corrected chi connectivity index (χ4v) is 2.89. The smallest absolute Gasteiger partial charge is 0.223 e. The van der Waals surface area contributed by atoms with Crippen molar-refractivity contribution >= 4 is 29.1 Å². The third-order valence-electron chi connectivity index (χ3n) is 4.38. The standard InChI is InChI=1S/C18H22N2O.ClH/c1-12(10-19)11-20-18(21)17-9-16(17)15-8-4-6-13-5-2-3-7-14(13)15;/h2-8,12,16-17H,9-11,19H2,1H3,(H,20,21);1H. The second-order valence-electron chi connectivity index (χ2n) is 6.10. The molecule has 0 saturated heterocycles. The molecule has 3 N–H and O–H groups in total. The summed E-state index contributed by atoms with van der Waals surface area (Å²) in [5.74, 6) is 1.00. The van der Waals surface area contributed by atoms with Crippen LogP contribution in [-0.2, 0) is 4.79 Å². The molecule has 22 heavy (non-hydrogen) atoms. The molecule has 3 atom stereocenters. The Labute approximate surface area is 137 Å². The van der Waals surface area contributed by atoms with Crippen molar-refractivity contribution in [3.8, 4) is 0 Å². The molecule has 3 rings (SSSR count). The van der Waals surface area contributed by atoms with Crippen molar-refractivity contribution in [1.82, 2.24) is 5.32 Å². The van der Waals surface area contributed by atoms with Gasteiger partial charge in [-0.05, 0) is 41.1 Å². The van der Waals surface area contributed by atoms with Gasteiger partial charge in [-0.2, -0.15) is 0 Å². The minimum atomic E-state index is 0. The highest BCUT2D eigenvalue weighted by molar-refractivity contribution is 5.89. The summed E-state index contributed by atoms with van der Waals surface area (Å²) >= 11 is 0. The van der Waals surface area contributed by atoms with Crippen LogP contribution in [0.5, 0.6) is 0 Å². The van der Waals surface area contributed by atoms with Crippen molar-refractivity contribution in [2.24, 2.45) is 17.6 Å². The van der Waals surface area contributed by atoms with E-state index < -0.39 is 0 Å². The maximum absolute atomic E-state index is 12.2. The quantitative estimate of drug-likeness (QED) is 0.890. The van der Waals surface area contributed by atoms with Crippen LogP contribution in [0.2, 0.25) is 0 Å². The zero-order valence-electron chi connectivity index (χ0n) is 12.8. The first-order valence-corrected chi connectivity index (χ1v) is 7.66. The molecule has 2 aromatic carbocycles. The Kier molecular flexibility index (Phi) is 5.43. The predicted molar refractivity (Wildman–Crippen MR) is 93.3 cm³/mol. The van der Waals surface area contributed by atoms with Crippen LogP contribution in [0.3, 0.4) is 0 Å². The molecule has 0 aromatic heterocycles. The Balaban J connectivity index is 0.00000176. The molecule has 3 nitrogen and oxygen atoms in total. The number of rotatable bonds is 5. The Morgan fingerprint density at radius 2 is 2.00 bits per heavy atom. The highest BCUT2D eigenvalue weighted by atomic mass is 35.5. The Morgan fingerprint density at radius 1 is 1.27 bits per heavy atom. The number of hydrogen-bond donors (Lipinski definition) is 2. The van der Waals surface area contributed by atoms with Gasteiger partial charge in [0.1, 0.15) is 0 Å². The molecule has 0 radical (unpaired) electrons. The average Bonchev–Trinajstić information content (AvgIpc) is 3.32. The van der Waals surface area contributed by atoms with Crippen LogP contribution in [0.25, 0.3) is 10.8 Å². The van der Waals surface area contributed by atoms with E-state index in [1.165, 1.54) is 16.3 Å². The van der Waals surface area contributed by atoms with Crippen LogP contribution < -0.4 is 11.1 Å². The lowest BCUT2D eigenvalue weighted by atomic mass is 10.00. The molecule has 4 heteroatoms. The third-order valence-corrected chi connectivity index (χ3v) is 4.38. The number of fused-ring (bicyclic) bond motifs is 1. The molecule has 1 aliphatic carbocycles. The van der Waals surface area contributed by atoms with E-state index in [4.69, 9.17) is 5.73 Å². The highest BCUT2D eigenvalue weighted by Crippen LogP contribution is 2.49. The van der Waals surface area contributed by atoms with Gasteiger partial charge in [0.2, 0.25) is 5.91 Å². The van der Waals surface area contributed by atoms with Gasteiger partial charge in [0.25, 0.3) is 0 Å². The molecule has 0 spiro atoms. The SMILES string of the molecule is CC(CN)CNC(=O)C1CC1c1cccc2ccccc12.Cl. The summed E-state index contributed by atoms with van der Waals surface area (Å²) in [7, 11) is 0. The summed E-state index contributed by atoms with van der Waals surface area (Å²) in [6, 6.07) is 14.8. The van der Waals surface area contributed by atoms with Crippen molar-refractivity contribution in [2.75, 3.05) is 13.1 Å². The molecule has 0 bridgehead atoms. The second kappa shape index (κ2) is 7.12. The molecule has 1 fully saturated rings. The number of hydrogen-bond acceptors (Lipinski definition) is 2. The van der Waals surface area contributed by atoms with Gasteiger partial charge in [0.15, 0.2) is 0 Å². The first-order chi connectivity index (χ1) is 10.2. The number of amides is 1. The summed E-state index contributed by atoms with van der Waals surface area (Å²) in [4.78, 5) is 12.2. The van der Waals surface area contributed by atoms with Crippen LogP contribution in [0.1, 0.15) is 24.8 Å². The number of benzene rings is 2. The van der Waals surface area contributed by atoms with Gasteiger partial charge in [0, 0.05) is 12.5 Å². The van der Waals surface area contributed by atoms with Gasteiger partial charge in [0.05, 0.1) is 0 Å². The van der Waals surface area contributed by atoms with Crippen LogP contribution in [0.15, 0.2) is 42.5 Å². The number of nitrogens with one attached hydrogen (secondary N) is 1. The van der Waals surface area contributed by atoms with Crippen molar-refractivity contribution in [3.05, 3.63) is 48.0 Å². The topological polar surface area (TPSA) is 55.1 Å². The van der Waals surface area contributed by atoms with Gasteiger partial charge >= 0.3 is 0 Å². The minimum Gasteiger partial charge on any atom is -0.356 e. The fourth-order valence-electron chi connectivity index (χ4n) is 2.89. The van der Waals surface area contributed by atoms with E-state index in [0.29, 0.717) is 24.9 Å². The molecule has 0 heterocycles. The number of halogens is 1. The van der Waals surface area contributed by atoms with Gasteiger partial charge in [-0.3, -0.25) is 4.79 Å². The maximum atomic E-state index is 12.2. The monoisotopic (exact) mass is 318 g/mol. The van der Waals surface area contributed by atoms with Gasteiger partial charge < -0.3 is 11.1 Å². The molecule has 1 aliphatic rings. The summed E-state index contributed by atoms with van der Waals surface area (Å²) in [5, 5.41) is 5.55. The molecular weight excluding hydrogens is 296 g/mol. The van der Waals surface area contributed by atoms with E-state index in [9.17, 15) is 4.79 Å². The van der Waals surface area contributed by atoms with Crippen molar-refractivity contribution in [3.63, 3.8) is 0 Å². The van der Waals surface area contributed by atoms with Crippen molar-refractivity contribution in [1.29, 1.82) is 0 Å². The zero-order chi connectivity index (χ0) is 14.8. The fraction of sp³-hybridized carbons (Fsp3) is 0.389. The summed E-state index contributed by atoms with van der Waals surface area (Å²) in [6.07, 6.45) is 0.955. The third kappa shape index (κ3) is 3.42. The number of nitrogens with two attached hydrogens (primary N) is 1. The zero-order valence-corrected chi connectivity index (χ0v) is 13.6. The van der Waals surface area contributed by atoms with Gasteiger partial charge in [-0.15, -0.1) is 12.4 Å². The predicted octanol–water partition coefficient (Wildman–Crippen LogP) is 3.08. The molecule has 1 amide bonds. The maximum Gasteiger partial charge on any atom is 0.223 e. The second-order valence-corrected chi connectivity index (χ2v) is 6.10. The number of carbonyl (C=O) groups is 1. The Morgan fingerprint density at radius 3 is 2.77 bits per heavy atom. The van der Waals surface area contributed by atoms with E-state index in [1.54, 1.807) is 0 Å². The van der Waals surface area contributed by atoms with Crippen LogP contribution in [0.4, 0.5) is 0 Å². The van der Waals surface area contributed by atoms with E-state index in [1.807, 2.05) is 0 Å². The van der Waals surface area contributed by atoms with E-state index in [2.05, 4.69) is 54.7 Å². The molecular formula is C18H23ClN2O. The van der Waals surface area contributed by atoms with Crippen LogP contribution in [0, 0.1) is 11.8 Å². The average molecular weight is 319 g/mol. The van der Waals surface area contributed by atoms with E-state index in [0.717, 1.165) is 6.42 Å². The first kappa shape index (κ1) is 16.8.